The summed E-state index contributed by atoms with van der Waals surface area (Å²) in [5.74, 6) is -0.106. The second-order valence-electron chi connectivity index (χ2n) is 7.11. The number of hydrogen-bond donors (Lipinski definition) is 1. The number of carbonyl (C=O) groups excluding carboxylic acids is 1. The Morgan fingerprint density at radius 2 is 2.10 bits per heavy atom. The summed E-state index contributed by atoms with van der Waals surface area (Å²) in [6, 6.07) is 7.92. The highest BCUT2D eigenvalue weighted by atomic mass is 19.4. The van der Waals surface area contributed by atoms with Crippen LogP contribution >= 0.6 is 0 Å². The molecule has 1 atom stereocenters. The lowest BCUT2D eigenvalue weighted by Crippen LogP contribution is -2.38. The molecule has 1 aliphatic rings. The molecule has 1 amide bonds. The van der Waals surface area contributed by atoms with Crippen LogP contribution in [-0.4, -0.2) is 45.0 Å². The van der Waals surface area contributed by atoms with E-state index >= 15 is 0 Å². The molecule has 29 heavy (non-hydrogen) atoms. The van der Waals surface area contributed by atoms with Crippen LogP contribution in [0, 0.1) is 0 Å². The lowest BCUT2D eigenvalue weighted by molar-refractivity contribution is -0.141. The van der Waals surface area contributed by atoms with Gasteiger partial charge in [-0.25, -0.2) is 9.67 Å². The van der Waals surface area contributed by atoms with Gasteiger partial charge in [-0.15, -0.1) is 5.10 Å². The van der Waals surface area contributed by atoms with Gasteiger partial charge in [-0.2, -0.15) is 13.2 Å². The van der Waals surface area contributed by atoms with E-state index in [2.05, 4.69) is 20.6 Å². The fraction of sp³-hybridized carbons (Fsp3) is 0.368. The molecule has 0 radical (unpaired) electrons. The Labute approximate surface area is 164 Å². The van der Waals surface area contributed by atoms with Crippen molar-refractivity contribution in [1.29, 1.82) is 0 Å². The molecule has 1 fully saturated rings. The van der Waals surface area contributed by atoms with Gasteiger partial charge < -0.3 is 10.2 Å². The van der Waals surface area contributed by atoms with Crippen molar-refractivity contribution in [3.63, 3.8) is 0 Å². The fourth-order valence-electron chi connectivity index (χ4n) is 3.51. The zero-order chi connectivity index (χ0) is 20.6. The Bertz CT molecular complexity index is 1030. The second kappa shape index (κ2) is 7.34. The molecule has 1 saturated heterocycles. The lowest BCUT2D eigenvalue weighted by Gasteiger charge is -2.19. The third-order valence-corrected chi connectivity index (χ3v) is 5.00. The van der Waals surface area contributed by atoms with Crippen LogP contribution in [0.2, 0.25) is 0 Å². The number of nitrogens with zero attached hydrogens (tertiary/aromatic N) is 5. The Balaban J connectivity index is 1.33. The van der Waals surface area contributed by atoms with E-state index in [1.165, 1.54) is 12.3 Å². The van der Waals surface area contributed by atoms with Crippen molar-refractivity contribution in [2.24, 2.45) is 7.05 Å². The molecule has 1 aliphatic heterocycles. The van der Waals surface area contributed by atoms with Gasteiger partial charge >= 0.3 is 6.18 Å². The van der Waals surface area contributed by atoms with Crippen molar-refractivity contribution in [1.82, 2.24) is 25.3 Å². The highest BCUT2D eigenvalue weighted by Crippen LogP contribution is 2.29. The number of halogens is 3. The molecule has 7 nitrogen and oxygen atoms in total. The fourth-order valence-corrected chi connectivity index (χ4v) is 3.51. The summed E-state index contributed by atoms with van der Waals surface area (Å²) >= 11 is 0. The molecular weight excluding hydrogens is 385 g/mol. The largest absolute Gasteiger partial charge is 0.433 e. The van der Waals surface area contributed by atoms with Gasteiger partial charge in [0.2, 0.25) is 5.91 Å². The van der Waals surface area contributed by atoms with E-state index in [1.54, 1.807) is 11.7 Å². The van der Waals surface area contributed by atoms with Gasteiger partial charge in [0, 0.05) is 26.2 Å². The van der Waals surface area contributed by atoms with Crippen molar-refractivity contribution < 1.29 is 18.0 Å². The van der Waals surface area contributed by atoms with E-state index in [-0.39, 0.29) is 18.4 Å². The normalized spacial score (nSPS) is 17.1. The molecule has 3 heterocycles. The molecule has 1 N–H and O–H groups in total. The van der Waals surface area contributed by atoms with Crippen LogP contribution in [0.5, 0.6) is 0 Å². The van der Waals surface area contributed by atoms with Gasteiger partial charge in [0.25, 0.3) is 0 Å². The lowest BCUT2D eigenvalue weighted by atomic mass is 10.1. The van der Waals surface area contributed by atoms with E-state index in [9.17, 15) is 18.0 Å². The van der Waals surface area contributed by atoms with Gasteiger partial charge in [-0.3, -0.25) is 4.79 Å². The number of carbonyl (C=O) groups is 1. The van der Waals surface area contributed by atoms with Crippen LogP contribution in [0.15, 0.2) is 36.5 Å². The first-order valence-corrected chi connectivity index (χ1v) is 9.15. The number of amides is 1. The Morgan fingerprint density at radius 1 is 1.28 bits per heavy atom. The van der Waals surface area contributed by atoms with Crippen LogP contribution in [0.4, 0.5) is 18.9 Å². The first-order valence-electron chi connectivity index (χ1n) is 9.15. The zero-order valence-corrected chi connectivity index (χ0v) is 15.6. The number of fused-ring (bicyclic) bond motifs is 1. The van der Waals surface area contributed by atoms with Crippen molar-refractivity contribution >= 4 is 22.6 Å². The minimum absolute atomic E-state index is 0.0648. The molecule has 0 unspecified atom stereocenters. The molecule has 10 heteroatoms. The van der Waals surface area contributed by atoms with Crippen molar-refractivity contribution in [2.75, 3.05) is 18.0 Å². The number of benzene rings is 1. The Kier molecular flexibility index (Phi) is 4.85. The standard InChI is InChI=1S/C19H19F3N6O/c1-27-16-4-2-12(8-15(16)25-26-27)9-18(29)24-13-6-7-28(11-13)14-3-5-17(23-10-14)19(20,21)22/h2-5,8,10,13H,6-7,9,11H2,1H3,(H,24,29)/t13-/m1/s1. The molecule has 3 aromatic rings. The number of alkyl halides is 3. The minimum atomic E-state index is -4.45. The van der Waals surface area contributed by atoms with Crippen LogP contribution < -0.4 is 10.2 Å². The summed E-state index contributed by atoms with van der Waals surface area (Å²) < 4.78 is 39.6. The van der Waals surface area contributed by atoms with E-state index in [1.807, 2.05) is 23.1 Å². The molecule has 0 spiro atoms. The molecule has 0 aliphatic carbocycles. The number of rotatable bonds is 4. The van der Waals surface area contributed by atoms with E-state index in [4.69, 9.17) is 0 Å². The minimum Gasteiger partial charge on any atom is -0.368 e. The third-order valence-electron chi connectivity index (χ3n) is 5.00. The third kappa shape index (κ3) is 4.15. The first kappa shape index (κ1) is 19.2. The topological polar surface area (TPSA) is 75.9 Å². The maximum Gasteiger partial charge on any atom is 0.433 e. The van der Waals surface area contributed by atoms with Gasteiger partial charge in [0.05, 0.1) is 23.8 Å². The van der Waals surface area contributed by atoms with Gasteiger partial charge in [-0.05, 0) is 36.2 Å². The van der Waals surface area contributed by atoms with Gasteiger partial charge in [-0.1, -0.05) is 11.3 Å². The number of anilines is 1. The summed E-state index contributed by atoms with van der Waals surface area (Å²) in [7, 11) is 1.81. The highest BCUT2D eigenvalue weighted by molar-refractivity contribution is 5.81. The monoisotopic (exact) mass is 404 g/mol. The number of aryl methyl sites for hydroxylation is 1. The van der Waals surface area contributed by atoms with Gasteiger partial charge in [0.15, 0.2) is 0 Å². The van der Waals surface area contributed by atoms with Crippen molar-refractivity contribution in [3.05, 3.63) is 47.8 Å². The van der Waals surface area contributed by atoms with Crippen LogP contribution in [0.1, 0.15) is 17.7 Å². The molecular formula is C19H19F3N6O. The molecule has 1 aromatic carbocycles. The van der Waals surface area contributed by atoms with E-state index < -0.39 is 11.9 Å². The maximum atomic E-state index is 12.6. The number of pyridine rings is 1. The first-order chi connectivity index (χ1) is 13.8. The van der Waals surface area contributed by atoms with Crippen molar-refractivity contribution in [2.45, 2.75) is 25.1 Å². The smallest absolute Gasteiger partial charge is 0.368 e. The Hall–Kier alpha value is -3.17. The van der Waals surface area contributed by atoms with Crippen LogP contribution in [0.25, 0.3) is 11.0 Å². The molecule has 0 saturated carbocycles. The number of hydrogen-bond acceptors (Lipinski definition) is 5. The van der Waals surface area contributed by atoms with Crippen LogP contribution in [-0.2, 0) is 24.4 Å². The average molecular weight is 404 g/mol. The summed E-state index contributed by atoms with van der Waals surface area (Å²) in [5, 5.41) is 11.0. The highest BCUT2D eigenvalue weighted by Gasteiger charge is 2.32. The Morgan fingerprint density at radius 3 is 2.83 bits per heavy atom. The summed E-state index contributed by atoms with van der Waals surface area (Å²) in [4.78, 5) is 17.8. The SMILES string of the molecule is Cn1nnc2cc(CC(=O)N[C@@H]3CCN(c4ccc(C(F)(F)F)nc4)C3)ccc21. The summed E-state index contributed by atoms with van der Waals surface area (Å²) in [6.45, 7) is 1.17. The quantitative estimate of drug-likeness (QED) is 0.722. The predicted octanol–water partition coefficient (Wildman–Crippen LogP) is 2.32. The molecule has 152 valence electrons. The zero-order valence-electron chi connectivity index (χ0n) is 15.6. The molecule has 4 rings (SSSR count). The second-order valence-corrected chi connectivity index (χ2v) is 7.11. The number of aromatic nitrogens is 4. The van der Waals surface area contributed by atoms with E-state index in [0.29, 0.717) is 18.8 Å². The van der Waals surface area contributed by atoms with Crippen LogP contribution in [0.3, 0.4) is 0 Å². The average Bonchev–Trinajstić information content (AvgIpc) is 3.28. The van der Waals surface area contributed by atoms with E-state index in [0.717, 1.165) is 29.1 Å². The molecule has 0 bridgehead atoms. The van der Waals surface area contributed by atoms with Crippen molar-refractivity contribution in [3.8, 4) is 0 Å². The van der Waals surface area contributed by atoms with Gasteiger partial charge in [0.1, 0.15) is 11.2 Å². The maximum absolute atomic E-state index is 12.6. The summed E-state index contributed by atoms with van der Waals surface area (Å²) in [6.07, 6.45) is -2.28. The molecule has 2 aromatic heterocycles. The summed E-state index contributed by atoms with van der Waals surface area (Å²) in [5.41, 5.74) is 2.18. The predicted molar refractivity (Wildman–Crippen MR) is 100 cm³/mol. The number of nitrogens with one attached hydrogen (secondary N) is 1.